The van der Waals surface area contributed by atoms with Gasteiger partial charge in [0.15, 0.2) is 5.78 Å². The predicted molar refractivity (Wildman–Crippen MR) is 103 cm³/mol. The van der Waals surface area contributed by atoms with Gasteiger partial charge in [-0.15, -0.1) is 0 Å². The van der Waals surface area contributed by atoms with Crippen LogP contribution in [0.25, 0.3) is 0 Å². The number of esters is 1. The number of halogens is 1. The number of Topliss-reactive ketones (excluding diaryl/α,β-unsaturated/α-hetero) is 1. The first kappa shape index (κ1) is 21.3. The Labute approximate surface area is 163 Å². The lowest BCUT2D eigenvalue weighted by Gasteiger charge is -2.20. The average molecular weight is 388 g/mol. The van der Waals surface area contributed by atoms with Crippen molar-refractivity contribution in [1.29, 1.82) is 0 Å². The molecule has 0 aliphatic carbocycles. The van der Waals surface area contributed by atoms with Crippen molar-refractivity contribution in [2.75, 3.05) is 20.2 Å². The molecule has 0 radical (unpaired) electrons. The van der Waals surface area contributed by atoms with E-state index in [0.717, 1.165) is 0 Å². The summed E-state index contributed by atoms with van der Waals surface area (Å²) in [5, 5.41) is 0. The second-order valence-corrected chi connectivity index (χ2v) is 6.42. The smallest absolute Gasteiger partial charge is 0.354 e. The molecule has 1 aromatic carbocycles. The zero-order chi connectivity index (χ0) is 21.0. The van der Waals surface area contributed by atoms with Crippen molar-refractivity contribution in [3.05, 3.63) is 58.2 Å². The van der Waals surface area contributed by atoms with E-state index in [1.54, 1.807) is 25.3 Å². The molecule has 150 valence electrons. The quantitative estimate of drug-likeness (QED) is 0.539. The number of hydrogen-bond donors (Lipinski definition) is 0. The van der Waals surface area contributed by atoms with E-state index in [1.165, 1.54) is 36.3 Å². The number of carbonyl (C=O) groups excluding carboxylic acids is 3. The molecule has 2 rings (SSSR count). The highest BCUT2D eigenvalue weighted by molar-refractivity contribution is 6.06. The van der Waals surface area contributed by atoms with Crippen LogP contribution < -0.4 is 0 Å². The Bertz CT molecular complexity index is 900. The average Bonchev–Trinajstić information content (AvgIpc) is 2.94. The fourth-order valence-corrected chi connectivity index (χ4v) is 3.42. The minimum atomic E-state index is -0.503. The van der Waals surface area contributed by atoms with Crippen molar-refractivity contribution in [1.82, 2.24) is 9.47 Å². The molecular formula is C21H25FN2O4. The van der Waals surface area contributed by atoms with Crippen LogP contribution in [0, 0.1) is 19.7 Å². The second-order valence-electron chi connectivity index (χ2n) is 6.42. The van der Waals surface area contributed by atoms with Crippen LogP contribution in [-0.2, 0) is 11.3 Å². The molecule has 0 bridgehead atoms. The molecule has 28 heavy (non-hydrogen) atoms. The van der Waals surface area contributed by atoms with Crippen molar-refractivity contribution >= 4 is 17.7 Å². The Morgan fingerprint density at radius 1 is 1.11 bits per heavy atom. The Kier molecular flexibility index (Phi) is 6.72. The molecule has 0 saturated carbocycles. The Morgan fingerprint density at radius 2 is 1.71 bits per heavy atom. The van der Waals surface area contributed by atoms with Gasteiger partial charge in [0.1, 0.15) is 11.5 Å². The number of ether oxygens (including phenoxy) is 1. The number of carbonyl (C=O) groups is 3. The molecule has 1 heterocycles. The number of likely N-dealkylation sites (N-methyl/N-ethyl adjacent to an activating group) is 1. The number of ketones is 1. The van der Waals surface area contributed by atoms with Crippen LogP contribution in [0.2, 0.25) is 0 Å². The maximum atomic E-state index is 13.1. The summed E-state index contributed by atoms with van der Waals surface area (Å²) in [6.07, 6.45) is 0. The molecule has 0 saturated heterocycles. The minimum absolute atomic E-state index is 0.136. The van der Waals surface area contributed by atoms with E-state index in [0.29, 0.717) is 41.2 Å². The zero-order valence-corrected chi connectivity index (χ0v) is 16.8. The molecule has 0 unspecified atom stereocenters. The van der Waals surface area contributed by atoms with Crippen molar-refractivity contribution in [3.8, 4) is 0 Å². The highest BCUT2D eigenvalue weighted by Crippen LogP contribution is 2.24. The van der Waals surface area contributed by atoms with Crippen LogP contribution in [0.4, 0.5) is 4.39 Å². The predicted octanol–water partition coefficient (Wildman–Crippen LogP) is 3.40. The first-order valence-electron chi connectivity index (χ1n) is 9.12. The monoisotopic (exact) mass is 388 g/mol. The molecule has 6 nitrogen and oxygen atoms in total. The number of benzene rings is 1. The van der Waals surface area contributed by atoms with Crippen LogP contribution in [0.1, 0.15) is 56.3 Å². The van der Waals surface area contributed by atoms with Crippen molar-refractivity contribution in [3.63, 3.8) is 0 Å². The van der Waals surface area contributed by atoms with E-state index in [-0.39, 0.29) is 18.2 Å². The molecular weight excluding hydrogens is 363 g/mol. The van der Waals surface area contributed by atoms with Crippen LogP contribution in [-0.4, -0.2) is 47.3 Å². The fraction of sp³-hybridized carbons (Fsp3) is 0.381. The van der Waals surface area contributed by atoms with Gasteiger partial charge in [0, 0.05) is 29.9 Å². The Morgan fingerprint density at radius 3 is 2.21 bits per heavy atom. The van der Waals surface area contributed by atoms with E-state index in [4.69, 9.17) is 4.74 Å². The summed E-state index contributed by atoms with van der Waals surface area (Å²) < 4.78 is 19.7. The molecule has 0 atom stereocenters. The summed E-state index contributed by atoms with van der Waals surface area (Å²) in [6, 6.07) is 5.21. The van der Waals surface area contributed by atoms with Gasteiger partial charge in [-0.3, -0.25) is 9.59 Å². The van der Waals surface area contributed by atoms with Gasteiger partial charge in [0.05, 0.1) is 13.7 Å². The SMILES string of the molecule is CCN(CC(=O)c1c(C)c(C(=O)OC)n(CC)c1C)C(=O)c1ccc(F)cc1. The van der Waals surface area contributed by atoms with Gasteiger partial charge < -0.3 is 14.2 Å². The summed E-state index contributed by atoms with van der Waals surface area (Å²) >= 11 is 0. The third-order valence-corrected chi connectivity index (χ3v) is 4.84. The summed E-state index contributed by atoms with van der Waals surface area (Å²) in [4.78, 5) is 39.2. The van der Waals surface area contributed by atoms with Crippen molar-refractivity contribution in [2.45, 2.75) is 34.2 Å². The highest BCUT2D eigenvalue weighted by atomic mass is 19.1. The molecule has 0 fully saturated rings. The summed E-state index contributed by atoms with van der Waals surface area (Å²) in [6.45, 7) is 7.82. The lowest BCUT2D eigenvalue weighted by atomic mass is 10.0. The maximum absolute atomic E-state index is 13.1. The fourth-order valence-electron chi connectivity index (χ4n) is 3.42. The Balaban J connectivity index is 2.35. The lowest BCUT2D eigenvalue weighted by molar-refractivity contribution is 0.0587. The van der Waals surface area contributed by atoms with Gasteiger partial charge in [-0.25, -0.2) is 9.18 Å². The standard InChI is InChI=1S/C21H25FN2O4/c1-6-23(20(26)15-8-10-16(22)11-9-15)12-17(25)18-13(3)19(21(27)28-5)24(7-2)14(18)4/h8-11H,6-7,12H2,1-5H3. The van der Waals surface area contributed by atoms with Gasteiger partial charge in [-0.1, -0.05) is 0 Å². The van der Waals surface area contributed by atoms with E-state index in [2.05, 4.69) is 0 Å². The second kappa shape index (κ2) is 8.82. The molecule has 7 heteroatoms. The lowest BCUT2D eigenvalue weighted by Crippen LogP contribution is -2.35. The molecule has 0 aliphatic rings. The third kappa shape index (κ3) is 3.98. The number of amides is 1. The molecule has 2 aromatic rings. The van der Waals surface area contributed by atoms with Crippen LogP contribution >= 0.6 is 0 Å². The largest absolute Gasteiger partial charge is 0.464 e. The van der Waals surface area contributed by atoms with E-state index in [1.807, 2.05) is 6.92 Å². The molecule has 0 aliphatic heterocycles. The summed E-state index contributed by atoms with van der Waals surface area (Å²) in [5.41, 5.74) is 2.29. The number of nitrogens with zero attached hydrogens (tertiary/aromatic N) is 2. The van der Waals surface area contributed by atoms with Crippen LogP contribution in [0.3, 0.4) is 0 Å². The normalized spacial score (nSPS) is 10.6. The summed E-state index contributed by atoms with van der Waals surface area (Å²) in [5.74, 6) is -1.55. The maximum Gasteiger partial charge on any atom is 0.354 e. The number of methoxy groups -OCH3 is 1. The number of aromatic nitrogens is 1. The van der Waals surface area contributed by atoms with Crippen molar-refractivity contribution < 1.29 is 23.5 Å². The van der Waals surface area contributed by atoms with E-state index < -0.39 is 11.8 Å². The third-order valence-electron chi connectivity index (χ3n) is 4.84. The molecule has 0 spiro atoms. The van der Waals surface area contributed by atoms with E-state index in [9.17, 15) is 18.8 Å². The van der Waals surface area contributed by atoms with Gasteiger partial charge in [-0.2, -0.15) is 0 Å². The Hall–Kier alpha value is -2.96. The molecule has 1 amide bonds. The first-order valence-corrected chi connectivity index (χ1v) is 9.12. The van der Waals surface area contributed by atoms with Gasteiger partial charge in [0.25, 0.3) is 5.91 Å². The minimum Gasteiger partial charge on any atom is -0.464 e. The van der Waals surface area contributed by atoms with E-state index >= 15 is 0 Å². The topological polar surface area (TPSA) is 68.6 Å². The van der Waals surface area contributed by atoms with Gasteiger partial charge in [0.2, 0.25) is 0 Å². The zero-order valence-electron chi connectivity index (χ0n) is 16.8. The first-order chi connectivity index (χ1) is 13.3. The van der Waals surface area contributed by atoms with Crippen LogP contribution in [0.15, 0.2) is 24.3 Å². The summed E-state index contributed by atoms with van der Waals surface area (Å²) in [7, 11) is 1.30. The van der Waals surface area contributed by atoms with Crippen LogP contribution in [0.5, 0.6) is 0 Å². The number of hydrogen-bond acceptors (Lipinski definition) is 4. The number of rotatable bonds is 7. The van der Waals surface area contributed by atoms with Gasteiger partial charge >= 0.3 is 5.97 Å². The molecule has 1 aromatic heterocycles. The molecule has 0 N–H and O–H groups in total. The van der Waals surface area contributed by atoms with Gasteiger partial charge in [-0.05, 0) is 57.5 Å². The highest BCUT2D eigenvalue weighted by Gasteiger charge is 2.28. The van der Waals surface area contributed by atoms with Crippen molar-refractivity contribution in [2.24, 2.45) is 0 Å².